The standard InChI is InChI=1S/C15H23O2P/c1-14(2,3)18(17,15(4,5)6)13-10-8-7-9-12(13)11-16/h7-11H,1-6H3. The minimum atomic E-state index is -2.72. The van der Waals surface area contributed by atoms with Gasteiger partial charge in [0.25, 0.3) is 0 Å². The van der Waals surface area contributed by atoms with E-state index in [9.17, 15) is 9.36 Å². The van der Waals surface area contributed by atoms with Gasteiger partial charge in [-0.2, -0.15) is 0 Å². The summed E-state index contributed by atoms with van der Waals surface area (Å²) in [6, 6.07) is 7.24. The lowest BCUT2D eigenvalue weighted by atomic mass is 10.2. The summed E-state index contributed by atoms with van der Waals surface area (Å²) in [6.45, 7) is 11.9. The Balaban J connectivity index is 3.67. The summed E-state index contributed by atoms with van der Waals surface area (Å²) < 4.78 is 13.7. The summed E-state index contributed by atoms with van der Waals surface area (Å²) >= 11 is 0. The molecule has 0 saturated carbocycles. The number of carbonyl (C=O) groups excluding carboxylic acids is 1. The smallest absolute Gasteiger partial charge is 0.150 e. The lowest BCUT2D eigenvalue weighted by Crippen LogP contribution is -2.36. The molecule has 0 aliphatic carbocycles. The number of aldehydes is 1. The fraction of sp³-hybridized carbons (Fsp3) is 0.533. The van der Waals surface area contributed by atoms with E-state index in [0.29, 0.717) is 10.9 Å². The van der Waals surface area contributed by atoms with E-state index >= 15 is 0 Å². The maximum absolute atomic E-state index is 13.7. The molecule has 2 nitrogen and oxygen atoms in total. The predicted molar refractivity (Wildman–Crippen MR) is 78.6 cm³/mol. The summed E-state index contributed by atoms with van der Waals surface area (Å²) in [4.78, 5) is 11.2. The summed E-state index contributed by atoms with van der Waals surface area (Å²) in [5.41, 5.74) is 0.547. The van der Waals surface area contributed by atoms with Gasteiger partial charge in [-0.1, -0.05) is 65.8 Å². The van der Waals surface area contributed by atoms with Gasteiger partial charge in [0.05, 0.1) is 0 Å². The average Bonchev–Trinajstić information content (AvgIpc) is 2.24. The quantitative estimate of drug-likeness (QED) is 0.597. The van der Waals surface area contributed by atoms with Gasteiger partial charge in [-0.05, 0) is 0 Å². The molecular formula is C15H23O2P. The topological polar surface area (TPSA) is 34.1 Å². The molecule has 18 heavy (non-hydrogen) atoms. The molecule has 0 N–H and O–H groups in total. The first-order valence-electron chi connectivity index (χ1n) is 6.21. The summed E-state index contributed by atoms with van der Waals surface area (Å²) in [5.74, 6) is 0. The van der Waals surface area contributed by atoms with Crippen molar-refractivity contribution in [3.8, 4) is 0 Å². The Morgan fingerprint density at radius 2 is 1.39 bits per heavy atom. The molecule has 3 heteroatoms. The van der Waals surface area contributed by atoms with Crippen molar-refractivity contribution in [1.82, 2.24) is 0 Å². The van der Waals surface area contributed by atoms with Crippen LogP contribution in [0.2, 0.25) is 0 Å². The van der Waals surface area contributed by atoms with Crippen molar-refractivity contribution in [2.45, 2.75) is 51.9 Å². The molecule has 0 atom stereocenters. The predicted octanol–water partition coefficient (Wildman–Crippen LogP) is 4.08. The van der Waals surface area contributed by atoms with Crippen LogP contribution in [-0.2, 0) is 4.57 Å². The van der Waals surface area contributed by atoms with Gasteiger partial charge in [0.2, 0.25) is 0 Å². The maximum Gasteiger partial charge on any atom is 0.150 e. The molecule has 0 aromatic heterocycles. The van der Waals surface area contributed by atoms with E-state index in [1.165, 1.54) is 0 Å². The fourth-order valence-electron chi connectivity index (χ4n) is 2.60. The number of rotatable bonds is 2. The highest BCUT2D eigenvalue weighted by Gasteiger charge is 2.48. The highest BCUT2D eigenvalue weighted by molar-refractivity contribution is 7.74. The first kappa shape index (κ1) is 15.2. The van der Waals surface area contributed by atoms with Crippen molar-refractivity contribution >= 4 is 18.7 Å². The van der Waals surface area contributed by atoms with Gasteiger partial charge in [0, 0.05) is 21.2 Å². The van der Waals surface area contributed by atoms with Gasteiger partial charge in [0.15, 0.2) is 6.29 Å². The van der Waals surface area contributed by atoms with E-state index in [4.69, 9.17) is 0 Å². The van der Waals surface area contributed by atoms with Crippen molar-refractivity contribution in [1.29, 1.82) is 0 Å². The molecule has 100 valence electrons. The van der Waals surface area contributed by atoms with Crippen LogP contribution in [0, 0.1) is 0 Å². The van der Waals surface area contributed by atoms with Crippen LogP contribution in [0.5, 0.6) is 0 Å². The van der Waals surface area contributed by atoms with Crippen molar-refractivity contribution in [2.75, 3.05) is 0 Å². The lowest BCUT2D eigenvalue weighted by molar-refractivity contribution is 0.112. The molecule has 0 radical (unpaired) electrons. The zero-order chi connectivity index (χ0) is 14.2. The monoisotopic (exact) mass is 266 g/mol. The number of hydrogen-bond acceptors (Lipinski definition) is 2. The minimum Gasteiger partial charge on any atom is -0.318 e. The Morgan fingerprint density at radius 3 is 1.78 bits per heavy atom. The maximum atomic E-state index is 13.7. The Hall–Kier alpha value is -0.880. The molecule has 1 rings (SSSR count). The molecule has 0 spiro atoms. The molecule has 0 aliphatic heterocycles. The second kappa shape index (κ2) is 4.66. The number of hydrogen-bond donors (Lipinski definition) is 0. The SMILES string of the molecule is CC(C)(C)P(=O)(c1ccccc1C=O)C(C)(C)C. The molecule has 0 heterocycles. The molecule has 1 aromatic rings. The zero-order valence-corrected chi connectivity index (χ0v) is 13.0. The normalized spacial score (nSPS) is 13.4. The highest BCUT2D eigenvalue weighted by Crippen LogP contribution is 2.65. The van der Waals surface area contributed by atoms with Gasteiger partial charge in [-0.3, -0.25) is 4.79 Å². The number of benzene rings is 1. The first-order chi connectivity index (χ1) is 8.05. The molecule has 1 aromatic carbocycles. The highest BCUT2D eigenvalue weighted by atomic mass is 31.2. The van der Waals surface area contributed by atoms with Crippen LogP contribution in [0.4, 0.5) is 0 Å². The Morgan fingerprint density at radius 1 is 0.944 bits per heavy atom. The van der Waals surface area contributed by atoms with Crippen molar-refractivity contribution < 1.29 is 9.36 Å². The first-order valence-corrected chi connectivity index (χ1v) is 7.91. The van der Waals surface area contributed by atoms with Gasteiger partial charge < -0.3 is 4.57 Å². The average molecular weight is 266 g/mol. The lowest BCUT2D eigenvalue weighted by Gasteiger charge is -2.41. The van der Waals surface area contributed by atoms with E-state index in [0.717, 1.165) is 6.29 Å². The van der Waals surface area contributed by atoms with E-state index in [-0.39, 0.29) is 10.3 Å². The van der Waals surface area contributed by atoms with Crippen molar-refractivity contribution in [3.63, 3.8) is 0 Å². The van der Waals surface area contributed by atoms with E-state index in [2.05, 4.69) is 0 Å². The second-order valence-corrected chi connectivity index (χ2v) is 11.0. The Bertz CT molecular complexity index is 472. The molecule has 0 unspecified atom stereocenters. The van der Waals surface area contributed by atoms with Crippen LogP contribution in [0.25, 0.3) is 0 Å². The van der Waals surface area contributed by atoms with Gasteiger partial charge >= 0.3 is 0 Å². The Kier molecular flexibility index (Phi) is 3.93. The summed E-state index contributed by atoms with van der Waals surface area (Å²) in [6.07, 6.45) is 0.805. The third-order valence-corrected chi connectivity index (χ3v) is 8.16. The van der Waals surface area contributed by atoms with Gasteiger partial charge in [0.1, 0.15) is 7.14 Å². The molecule has 0 aliphatic rings. The van der Waals surface area contributed by atoms with E-state index in [1.807, 2.05) is 59.7 Å². The Labute approximate surface area is 110 Å². The van der Waals surface area contributed by atoms with Crippen LogP contribution >= 0.6 is 7.14 Å². The third kappa shape index (κ3) is 2.31. The molecule has 0 saturated heterocycles. The van der Waals surface area contributed by atoms with Crippen LogP contribution in [0.15, 0.2) is 24.3 Å². The summed E-state index contributed by atoms with van der Waals surface area (Å²) in [7, 11) is -2.72. The third-order valence-electron chi connectivity index (χ3n) is 3.29. The van der Waals surface area contributed by atoms with Crippen LogP contribution < -0.4 is 5.30 Å². The fourth-order valence-corrected chi connectivity index (χ4v) is 6.85. The molecular weight excluding hydrogens is 243 g/mol. The van der Waals surface area contributed by atoms with Gasteiger partial charge in [-0.15, -0.1) is 0 Å². The van der Waals surface area contributed by atoms with Crippen molar-refractivity contribution in [3.05, 3.63) is 29.8 Å². The minimum absolute atomic E-state index is 0.371. The number of carbonyl (C=O) groups is 1. The second-order valence-electron chi connectivity index (χ2n) is 6.63. The zero-order valence-electron chi connectivity index (χ0n) is 12.2. The van der Waals surface area contributed by atoms with Crippen LogP contribution in [0.1, 0.15) is 51.9 Å². The van der Waals surface area contributed by atoms with Crippen molar-refractivity contribution in [2.24, 2.45) is 0 Å². The van der Waals surface area contributed by atoms with Crippen LogP contribution in [-0.4, -0.2) is 16.6 Å². The molecule has 0 bridgehead atoms. The summed E-state index contributed by atoms with van der Waals surface area (Å²) in [5, 5.41) is -0.0330. The van der Waals surface area contributed by atoms with E-state index in [1.54, 1.807) is 6.07 Å². The van der Waals surface area contributed by atoms with E-state index < -0.39 is 7.14 Å². The van der Waals surface area contributed by atoms with Crippen LogP contribution in [0.3, 0.4) is 0 Å². The van der Waals surface area contributed by atoms with Gasteiger partial charge in [-0.25, -0.2) is 0 Å². The largest absolute Gasteiger partial charge is 0.318 e. The molecule has 0 fully saturated rings. The molecule has 0 amide bonds.